The van der Waals surface area contributed by atoms with Gasteiger partial charge in [0, 0.05) is 11.9 Å². The third-order valence-electron chi connectivity index (χ3n) is 4.16. The maximum absolute atomic E-state index is 12.6. The molecule has 2 rings (SSSR count). The Balaban J connectivity index is 2.28. The lowest BCUT2D eigenvalue weighted by molar-refractivity contribution is 0.102. The summed E-state index contributed by atoms with van der Waals surface area (Å²) in [6, 6.07) is 9.88. The molecule has 128 valence electrons. The first-order valence-electron chi connectivity index (χ1n) is 8.37. The zero-order valence-electron chi connectivity index (χ0n) is 15.8. The molecule has 0 aliphatic heterocycles. The number of nitrogens with one attached hydrogen (secondary N) is 1. The minimum Gasteiger partial charge on any atom is -0.321 e. The molecule has 0 spiro atoms. The summed E-state index contributed by atoms with van der Waals surface area (Å²) in [5, 5.41) is 2.98. The van der Waals surface area contributed by atoms with Gasteiger partial charge in [-0.25, -0.2) is 0 Å². The number of benzene rings is 1. The average Bonchev–Trinajstić information content (AvgIpc) is 2.47. The van der Waals surface area contributed by atoms with Gasteiger partial charge in [0.25, 0.3) is 5.91 Å². The molecule has 1 aromatic heterocycles. The molecule has 1 aromatic carbocycles. The number of amides is 1. The van der Waals surface area contributed by atoms with Crippen molar-refractivity contribution in [3.63, 3.8) is 0 Å². The largest absolute Gasteiger partial charge is 0.321 e. The summed E-state index contributed by atoms with van der Waals surface area (Å²) in [5.41, 5.74) is 4.84. The molecule has 1 amide bonds. The zero-order valence-corrected chi connectivity index (χ0v) is 15.8. The number of anilines is 1. The zero-order chi connectivity index (χ0) is 18.1. The van der Waals surface area contributed by atoms with Crippen LogP contribution in [0.15, 0.2) is 36.5 Å². The SMILES string of the molecule is Cc1ccc(NC(=O)c2cc(C(C)(C)C)ccn2)cc1C(C)(C)C. The lowest BCUT2D eigenvalue weighted by Crippen LogP contribution is -2.18. The average molecular weight is 324 g/mol. The van der Waals surface area contributed by atoms with E-state index in [9.17, 15) is 4.79 Å². The van der Waals surface area contributed by atoms with E-state index in [4.69, 9.17) is 0 Å². The van der Waals surface area contributed by atoms with Gasteiger partial charge >= 0.3 is 0 Å². The molecule has 0 atom stereocenters. The van der Waals surface area contributed by atoms with Gasteiger partial charge in [-0.3, -0.25) is 9.78 Å². The van der Waals surface area contributed by atoms with E-state index in [0.717, 1.165) is 11.3 Å². The molecule has 3 heteroatoms. The minimum atomic E-state index is -0.176. The highest BCUT2D eigenvalue weighted by molar-refractivity contribution is 6.03. The summed E-state index contributed by atoms with van der Waals surface area (Å²) in [6.07, 6.45) is 1.70. The number of hydrogen-bond acceptors (Lipinski definition) is 2. The highest BCUT2D eigenvalue weighted by Gasteiger charge is 2.19. The van der Waals surface area contributed by atoms with Crippen molar-refractivity contribution in [2.45, 2.75) is 59.3 Å². The van der Waals surface area contributed by atoms with Crippen molar-refractivity contribution in [2.75, 3.05) is 5.32 Å². The van der Waals surface area contributed by atoms with Crippen molar-refractivity contribution < 1.29 is 4.79 Å². The topological polar surface area (TPSA) is 42.0 Å². The van der Waals surface area contributed by atoms with E-state index in [1.54, 1.807) is 6.20 Å². The predicted octanol–water partition coefficient (Wildman–Crippen LogP) is 5.24. The highest BCUT2D eigenvalue weighted by atomic mass is 16.1. The molecule has 1 N–H and O–H groups in total. The van der Waals surface area contributed by atoms with Crippen molar-refractivity contribution in [3.05, 3.63) is 58.9 Å². The van der Waals surface area contributed by atoms with Crippen LogP contribution in [0.25, 0.3) is 0 Å². The summed E-state index contributed by atoms with van der Waals surface area (Å²) in [4.78, 5) is 16.8. The summed E-state index contributed by atoms with van der Waals surface area (Å²) < 4.78 is 0. The van der Waals surface area contributed by atoms with Crippen LogP contribution in [0.5, 0.6) is 0 Å². The first-order chi connectivity index (χ1) is 11.0. The molecule has 0 aliphatic carbocycles. The molecule has 0 bridgehead atoms. The molecule has 0 saturated carbocycles. The minimum absolute atomic E-state index is 0.0127. The van der Waals surface area contributed by atoms with Crippen LogP contribution in [-0.2, 0) is 10.8 Å². The van der Waals surface area contributed by atoms with Crippen molar-refractivity contribution in [1.29, 1.82) is 0 Å². The van der Waals surface area contributed by atoms with Crippen molar-refractivity contribution >= 4 is 11.6 Å². The van der Waals surface area contributed by atoms with E-state index in [0.29, 0.717) is 5.69 Å². The van der Waals surface area contributed by atoms with Crippen LogP contribution in [0, 0.1) is 6.92 Å². The molecule has 0 radical (unpaired) electrons. The number of pyridine rings is 1. The molecular weight excluding hydrogens is 296 g/mol. The maximum Gasteiger partial charge on any atom is 0.274 e. The Morgan fingerprint density at radius 2 is 1.62 bits per heavy atom. The van der Waals surface area contributed by atoms with Gasteiger partial charge in [0.2, 0.25) is 0 Å². The molecule has 1 heterocycles. The number of nitrogens with zero attached hydrogens (tertiary/aromatic N) is 1. The summed E-state index contributed by atoms with van der Waals surface area (Å²) in [7, 11) is 0. The van der Waals surface area contributed by atoms with Gasteiger partial charge in [-0.2, -0.15) is 0 Å². The van der Waals surface area contributed by atoms with Crippen LogP contribution < -0.4 is 5.32 Å². The van der Waals surface area contributed by atoms with Gasteiger partial charge in [0.1, 0.15) is 5.69 Å². The summed E-state index contributed by atoms with van der Waals surface area (Å²) in [5.74, 6) is -0.176. The second kappa shape index (κ2) is 6.39. The Hall–Kier alpha value is -2.16. The van der Waals surface area contributed by atoms with Gasteiger partial charge in [-0.15, -0.1) is 0 Å². The molecule has 0 saturated heterocycles. The number of aryl methyl sites for hydroxylation is 1. The van der Waals surface area contributed by atoms with Crippen LogP contribution in [0.4, 0.5) is 5.69 Å². The fraction of sp³-hybridized carbons (Fsp3) is 0.429. The van der Waals surface area contributed by atoms with Gasteiger partial charge < -0.3 is 5.32 Å². The monoisotopic (exact) mass is 324 g/mol. The highest BCUT2D eigenvalue weighted by Crippen LogP contribution is 2.28. The number of carbonyl (C=O) groups is 1. The fourth-order valence-corrected chi connectivity index (χ4v) is 2.72. The van der Waals surface area contributed by atoms with E-state index in [1.807, 2.05) is 18.2 Å². The predicted molar refractivity (Wildman–Crippen MR) is 101 cm³/mol. The Labute approximate surface area is 145 Å². The Morgan fingerprint density at radius 1 is 0.958 bits per heavy atom. The van der Waals surface area contributed by atoms with E-state index in [-0.39, 0.29) is 16.7 Å². The van der Waals surface area contributed by atoms with Gasteiger partial charge in [0.05, 0.1) is 0 Å². The smallest absolute Gasteiger partial charge is 0.274 e. The van der Waals surface area contributed by atoms with Crippen LogP contribution in [0.1, 0.15) is 68.7 Å². The van der Waals surface area contributed by atoms with E-state index in [2.05, 4.69) is 70.9 Å². The Morgan fingerprint density at radius 3 is 2.21 bits per heavy atom. The lowest BCUT2D eigenvalue weighted by atomic mass is 9.84. The maximum atomic E-state index is 12.6. The normalized spacial score (nSPS) is 12.1. The lowest BCUT2D eigenvalue weighted by Gasteiger charge is -2.22. The molecule has 0 aliphatic rings. The molecule has 24 heavy (non-hydrogen) atoms. The summed E-state index contributed by atoms with van der Waals surface area (Å²) >= 11 is 0. The molecular formula is C21H28N2O. The molecule has 0 unspecified atom stereocenters. The van der Waals surface area contributed by atoms with Crippen LogP contribution in [0.3, 0.4) is 0 Å². The van der Waals surface area contributed by atoms with Crippen LogP contribution >= 0.6 is 0 Å². The van der Waals surface area contributed by atoms with Crippen LogP contribution in [0.2, 0.25) is 0 Å². The number of rotatable bonds is 2. The summed E-state index contributed by atoms with van der Waals surface area (Å²) in [6.45, 7) is 15.0. The van der Waals surface area contributed by atoms with Crippen LogP contribution in [-0.4, -0.2) is 10.9 Å². The van der Waals surface area contributed by atoms with Gasteiger partial charge in [-0.05, 0) is 58.7 Å². The number of carbonyl (C=O) groups excluding carboxylic acids is 1. The van der Waals surface area contributed by atoms with Gasteiger partial charge in [0.15, 0.2) is 0 Å². The number of hydrogen-bond donors (Lipinski definition) is 1. The third kappa shape index (κ3) is 4.22. The second-order valence-corrected chi connectivity index (χ2v) is 8.41. The fourth-order valence-electron chi connectivity index (χ4n) is 2.72. The van der Waals surface area contributed by atoms with E-state index in [1.165, 1.54) is 11.1 Å². The first kappa shape index (κ1) is 18.2. The van der Waals surface area contributed by atoms with E-state index < -0.39 is 0 Å². The molecule has 3 nitrogen and oxygen atoms in total. The van der Waals surface area contributed by atoms with Crippen molar-refractivity contribution in [2.24, 2.45) is 0 Å². The Kier molecular flexibility index (Phi) is 4.84. The third-order valence-corrected chi connectivity index (χ3v) is 4.16. The van der Waals surface area contributed by atoms with E-state index >= 15 is 0 Å². The number of aromatic nitrogens is 1. The quantitative estimate of drug-likeness (QED) is 0.821. The standard InChI is InChI=1S/C21H28N2O/c1-14-8-9-16(13-17(14)21(5,6)7)23-19(24)18-12-15(10-11-22-18)20(2,3)4/h8-13H,1-7H3,(H,23,24). The van der Waals surface area contributed by atoms with Crippen molar-refractivity contribution in [1.82, 2.24) is 4.98 Å². The van der Waals surface area contributed by atoms with Gasteiger partial charge in [-0.1, -0.05) is 47.6 Å². The van der Waals surface area contributed by atoms with Crippen molar-refractivity contribution in [3.8, 4) is 0 Å². The molecule has 0 fully saturated rings. The second-order valence-electron chi connectivity index (χ2n) is 8.41. The molecule has 2 aromatic rings. The first-order valence-corrected chi connectivity index (χ1v) is 8.37. The Bertz CT molecular complexity index is 749.